The Hall–Kier alpha value is -6.19. The molecule has 3 aromatic carbocycles. The minimum atomic E-state index is -0.966. The van der Waals surface area contributed by atoms with Crippen LogP contribution in [0.15, 0.2) is 79.1 Å². The fraction of sp³-hybridized carbons (Fsp3) is 0.372. The van der Waals surface area contributed by atoms with E-state index in [-0.39, 0.29) is 24.8 Å². The third-order valence-electron chi connectivity index (χ3n) is 12.7. The highest BCUT2D eigenvalue weighted by atomic mass is 16.5. The third-order valence-corrected chi connectivity index (χ3v) is 12.7. The fourth-order valence-corrected chi connectivity index (χ4v) is 9.45. The molecule has 15 nitrogen and oxygen atoms in total. The minimum absolute atomic E-state index is 0.0979. The van der Waals surface area contributed by atoms with E-state index in [1.165, 1.54) is 6.33 Å². The van der Waals surface area contributed by atoms with Crippen molar-refractivity contribution >= 4 is 46.2 Å². The molecule has 15 heteroatoms. The number of aromatic nitrogens is 4. The average Bonchev–Trinajstić information content (AvgIpc) is 3.74. The molecule has 0 radical (unpaired) electrons. The number of amides is 4. The number of nitrogen functional groups attached to an aromatic ring is 1. The van der Waals surface area contributed by atoms with Gasteiger partial charge in [0.2, 0.25) is 11.8 Å². The van der Waals surface area contributed by atoms with Gasteiger partial charge in [-0.25, -0.2) is 14.6 Å². The Morgan fingerprint density at radius 1 is 0.707 bits per heavy atom. The van der Waals surface area contributed by atoms with Crippen LogP contribution in [0.4, 0.5) is 11.5 Å². The van der Waals surface area contributed by atoms with Crippen LogP contribution in [0.2, 0.25) is 0 Å². The molecule has 6 heterocycles. The third kappa shape index (κ3) is 6.43. The molecule has 1 atom stereocenters. The molecule has 3 saturated heterocycles. The van der Waals surface area contributed by atoms with Crippen LogP contribution in [0, 0.1) is 0 Å². The van der Waals surface area contributed by atoms with Crippen molar-refractivity contribution in [1.29, 1.82) is 0 Å². The molecule has 0 bridgehead atoms. The van der Waals surface area contributed by atoms with Gasteiger partial charge in [-0.1, -0.05) is 18.2 Å². The zero-order chi connectivity index (χ0) is 39.5. The molecule has 0 spiro atoms. The maximum Gasteiger partial charge on any atom is 0.262 e. The molecule has 2 aromatic heterocycles. The summed E-state index contributed by atoms with van der Waals surface area (Å²) in [5.41, 5.74) is 10.5. The van der Waals surface area contributed by atoms with E-state index in [2.05, 4.69) is 34.7 Å². The molecule has 4 aliphatic heterocycles. The number of hydrogen-bond acceptors (Lipinski definition) is 12. The maximum atomic E-state index is 13.3. The van der Waals surface area contributed by atoms with Gasteiger partial charge in [0.05, 0.1) is 22.6 Å². The van der Waals surface area contributed by atoms with Crippen molar-refractivity contribution in [2.75, 3.05) is 49.9 Å². The number of rotatable bonds is 8. The van der Waals surface area contributed by atoms with Crippen molar-refractivity contribution < 1.29 is 23.9 Å². The number of nitrogens with zero attached hydrogens (tertiary/aromatic N) is 8. The van der Waals surface area contributed by atoms with Crippen molar-refractivity contribution in [1.82, 2.24) is 39.8 Å². The Balaban J connectivity index is 0.731. The predicted octanol–water partition coefficient (Wildman–Crippen LogP) is 4.26. The summed E-state index contributed by atoms with van der Waals surface area (Å²) in [6, 6.07) is 23.2. The molecule has 5 aromatic rings. The number of ether oxygens (including phenoxy) is 1. The number of carbonyl (C=O) groups is 4. The van der Waals surface area contributed by atoms with E-state index in [1.807, 2.05) is 60.7 Å². The molecule has 1 aliphatic carbocycles. The number of imide groups is 2. The average molecular weight is 781 g/mol. The number of fused-ring (bicyclic) bond motifs is 2. The smallest absolute Gasteiger partial charge is 0.262 e. The van der Waals surface area contributed by atoms with Crippen molar-refractivity contribution in [3.63, 3.8) is 0 Å². The van der Waals surface area contributed by atoms with E-state index in [0.29, 0.717) is 29.0 Å². The van der Waals surface area contributed by atoms with Crippen LogP contribution < -0.4 is 20.7 Å². The van der Waals surface area contributed by atoms with Gasteiger partial charge in [-0.3, -0.25) is 39.2 Å². The van der Waals surface area contributed by atoms with Gasteiger partial charge >= 0.3 is 0 Å². The van der Waals surface area contributed by atoms with Gasteiger partial charge in [0.15, 0.2) is 5.65 Å². The van der Waals surface area contributed by atoms with Gasteiger partial charge in [0.25, 0.3) is 11.8 Å². The van der Waals surface area contributed by atoms with Crippen LogP contribution in [0.5, 0.6) is 11.5 Å². The van der Waals surface area contributed by atoms with Crippen molar-refractivity contribution in [2.45, 2.75) is 62.7 Å². The van der Waals surface area contributed by atoms with Gasteiger partial charge in [-0.05, 0) is 86.7 Å². The number of benzene rings is 3. The number of piperazine rings is 1. The highest BCUT2D eigenvalue weighted by molar-refractivity contribution is 6.23. The highest BCUT2D eigenvalue weighted by Crippen LogP contribution is 2.38. The van der Waals surface area contributed by atoms with E-state index in [0.717, 1.165) is 109 Å². The topological polar surface area (TPSA) is 172 Å². The van der Waals surface area contributed by atoms with E-state index < -0.39 is 23.8 Å². The summed E-state index contributed by atoms with van der Waals surface area (Å²) < 4.78 is 8.09. The van der Waals surface area contributed by atoms with Gasteiger partial charge in [0, 0.05) is 69.0 Å². The molecule has 1 saturated carbocycles. The Bertz CT molecular complexity index is 2420. The quantitative estimate of drug-likeness (QED) is 0.215. The summed E-state index contributed by atoms with van der Waals surface area (Å²) in [4.78, 5) is 68.0. The lowest BCUT2D eigenvalue weighted by Gasteiger charge is -2.50. The SMILES string of the molecule is Nc1ncnc2c1c(-c1ccc(Oc3ccccc3)cc1)nn2[C@H]1CC[C@@H](N2CCN(C3CN(c4ccc5c(c4)C(=O)N([C@@H]4CCC(=O)NC4=O)C5=O)C3)CC2)CC1. The first-order valence-corrected chi connectivity index (χ1v) is 20.2. The van der Waals surface area contributed by atoms with E-state index in [1.54, 1.807) is 12.1 Å². The summed E-state index contributed by atoms with van der Waals surface area (Å²) in [7, 11) is 0. The molecule has 10 rings (SSSR count). The van der Waals surface area contributed by atoms with E-state index in [9.17, 15) is 19.2 Å². The lowest BCUT2D eigenvalue weighted by atomic mass is 9.89. The minimum Gasteiger partial charge on any atom is -0.457 e. The molecular weight excluding hydrogens is 737 g/mol. The molecule has 58 heavy (non-hydrogen) atoms. The van der Waals surface area contributed by atoms with Crippen molar-refractivity contribution in [3.05, 3.63) is 90.3 Å². The normalized spacial score (nSPS) is 23.3. The van der Waals surface area contributed by atoms with Crippen LogP contribution in [-0.2, 0) is 9.59 Å². The van der Waals surface area contributed by atoms with E-state index in [4.69, 9.17) is 15.6 Å². The number of para-hydroxylation sites is 1. The standard InChI is InChI=1S/C43H44N10O5/c44-39-37-38(26-6-13-32(14-7-26)58-31-4-2-1-3-5-31)48-53(40(37)46-25-45-39)28-10-8-27(9-11-28)49-18-20-50(21-19-49)30-23-51(24-30)29-12-15-33-34(22-29)43(57)52(42(33)56)35-16-17-36(54)47-41(35)55/h1-7,12-15,22,25,27-28,30,35H,8-11,16-21,23-24H2,(H2,44,45,46)(H,47,54,55)/t27-,28+,35-/m1/s1. The lowest BCUT2D eigenvalue weighted by molar-refractivity contribution is -0.136. The second-order valence-corrected chi connectivity index (χ2v) is 16.0. The molecular formula is C43H44N10O5. The number of hydrogen-bond donors (Lipinski definition) is 2. The summed E-state index contributed by atoms with van der Waals surface area (Å²) in [5, 5.41) is 8.16. The second kappa shape index (κ2) is 14.6. The molecule has 0 unspecified atom stereocenters. The maximum absolute atomic E-state index is 13.3. The predicted molar refractivity (Wildman–Crippen MR) is 215 cm³/mol. The number of anilines is 2. The van der Waals surface area contributed by atoms with E-state index >= 15 is 0 Å². The fourth-order valence-electron chi connectivity index (χ4n) is 9.45. The number of carbonyl (C=O) groups excluding carboxylic acids is 4. The lowest BCUT2D eigenvalue weighted by Crippen LogP contribution is -2.64. The highest BCUT2D eigenvalue weighted by Gasteiger charge is 2.45. The van der Waals surface area contributed by atoms with Crippen LogP contribution in [0.3, 0.4) is 0 Å². The van der Waals surface area contributed by atoms with Gasteiger partial charge in [-0.2, -0.15) is 5.10 Å². The first kappa shape index (κ1) is 36.2. The first-order chi connectivity index (χ1) is 28.3. The van der Waals surface area contributed by atoms with Crippen LogP contribution in [-0.4, -0.2) is 115 Å². The Kier molecular flexibility index (Phi) is 9.13. The monoisotopic (exact) mass is 780 g/mol. The number of nitrogens with one attached hydrogen (secondary N) is 1. The zero-order valence-corrected chi connectivity index (χ0v) is 32.0. The van der Waals surface area contributed by atoms with Crippen molar-refractivity contribution in [2.24, 2.45) is 0 Å². The van der Waals surface area contributed by atoms with Crippen LogP contribution in [0.1, 0.15) is 65.3 Å². The second-order valence-electron chi connectivity index (χ2n) is 16.0. The number of piperidine rings is 1. The molecule has 4 fully saturated rings. The van der Waals surface area contributed by atoms with Crippen LogP contribution in [0.25, 0.3) is 22.3 Å². The summed E-state index contributed by atoms with van der Waals surface area (Å²) in [5.74, 6) is 0.00636. The van der Waals surface area contributed by atoms with Crippen LogP contribution >= 0.6 is 0 Å². The summed E-state index contributed by atoms with van der Waals surface area (Å²) >= 11 is 0. The molecule has 5 aliphatic rings. The first-order valence-electron chi connectivity index (χ1n) is 20.2. The van der Waals surface area contributed by atoms with Crippen molar-refractivity contribution in [3.8, 4) is 22.8 Å². The Morgan fingerprint density at radius 3 is 2.10 bits per heavy atom. The Morgan fingerprint density at radius 2 is 1.38 bits per heavy atom. The van der Waals surface area contributed by atoms with Gasteiger partial charge < -0.3 is 15.4 Å². The largest absolute Gasteiger partial charge is 0.457 e. The number of nitrogens with two attached hydrogens (primary N) is 1. The van der Waals surface area contributed by atoms with Gasteiger partial charge in [-0.15, -0.1) is 0 Å². The molecule has 3 N–H and O–H groups in total. The summed E-state index contributed by atoms with van der Waals surface area (Å²) in [6.07, 6.45) is 5.96. The Labute approximate surface area is 334 Å². The van der Waals surface area contributed by atoms with Gasteiger partial charge in [0.1, 0.15) is 35.4 Å². The zero-order valence-electron chi connectivity index (χ0n) is 32.0. The molecule has 296 valence electrons. The summed E-state index contributed by atoms with van der Waals surface area (Å²) in [6.45, 7) is 5.77. The molecule has 4 amide bonds.